The van der Waals surface area contributed by atoms with Gasteiger partial charge in [-0.15, -0.1) is 0 Å². The molecule has 1 atom stereocenters. The van der Waals surface area contributed by atoms with E-state index in [-0.39, 0.29) is 23.3 Å². The van der Waals surface area contributed by atoms with Crippen LogP contribution in [0.1, 0.15) is 19.0 Å². The highest BCUT2D eigenvalue weighted by Gasteiger charge is 2.37. The summed E-state index contributed by atoms with van der Waals surface area (Å²) >= 11 is 6.52. The van der Waals surface area contributed by atoms with Gasteiger partial charge in [-0.05, 0) is 0 Å². The second-order valence-electron chi connectivity index (χ2n) is 4.31. The summed E-state index contributed by atoms with van der Waals surface area (Å²) in [5.74, 6) is -0.837. The highest BCUT2D eigenvalue weighted by molar-refractivity contribution is 8.14. The molecule has 1 saturated heterocycles. The monoisotopic (exact) mass is 339 g/mol. The number of alkyl halides is 3. The molecule has 1 aromatic heterocycles. The van der Waals surface area contributed by atoms with E-state index in [0.29, 0.717) is 6.07 Å². The summed E-state index contributed by atoms with van der Waals surface area (Å²) in [6.07, 6.45) is -4.64. The minimum Gasteiger partial charge on any atom is -0.288 e. The Hall–Kier alpha value is -1.35. The molecule has 114 valence electrons. The van der Waals surface area contributed by atoms with Crippen LogP contribution in [0.2, 0.25) is 5.15 Å². The van der Waals surface area contributed by atoms with Crippen LogP contribution in [0.3, 0.4) is 0 Å². The molecule has 2 heterocycles. The van der Waals surface area contributed by atoms with Crippen LogP contribution < -0.4 is 4.90 Å². The topological polar surface area (TPSA) is 63.2 Å². The van der Waals surface area contributed by atoms with Crippen molar-refractivity contribution >= 4 is 40.3 Å². The third-order valence-electron chi connectivity index (χ3n) is 2.64. The van der Waals surface area contributed by atoms with Crippen LogP contribution in [0.4, 0.5) is 19.1 Å². The van der Waals surface area contributed by atoms with Crippen LogP contribution in [0.25, 0.3) is 0 Å². The fourth-order valence-corrected chi connectivity index (χ4v) is 2.95. The van der Waals surface area contributed by atoms with E-state index in [1.807, 2.05) is 0 Å². The molecule has 0 radical (unpaired) electrons. The number of aromatic nitrogens is 2. The Morgan fingerprint density at radius 1 is 1.48 bits per heavy atom. The van der Waals surface area contributed by atoms with Crippen LogP contribution in [-0.2, 0) is 15.8 Å². The standard InChI is InChI=1S/C11H9ClF3N3O2S/c1-5(19)21-6-2-9(20)18(4-6)10-16-7(11(13,14)15)3-8(12)17-10/h3,6H,2,4H2,1H3. The van der Waals surface area contributed by atoms with Crippen LogP contribution in [0.5, 0.6) is 0 Å². The summed E-state index contributed by atoms with van der Waals surface area (Å²) in [7, 11) is 0. The first kappa shape index (κ1) is 16.0. The SMILES string of the molecule is CC(=O)SC1CC(=O)N(c2nc(Cl)cc(C(F)(F)F)n2)C1. The van der Waals surface area contributed by atoms with Crippen molar-refractivity contribution in [2.24, 2.45) is 0 Å². The Bertz CT molecular complexity index is 597. The molecule has 1 amide bonds. The van der Waals surface area contributed by atoms with E-state index in [4.69, 9.17) is 11.6 Å². The van der Waals surface area contributed by atoms with E-state index in [9.17, 15) is 22.8 Å². The van der Waals surface area contributed by atoms with Gasteiger partial charge in [0.2, 0.25) is 11.9 Å². The average molecular weight is 340 g/mol. The van der Waals surface area contributed by atoms with Gasteiger partial charge in [-0.1, -0.05) is 23.4 Å². The van der Waals surface area contributed by atoms with E-state index in [1.165, 1.54) is 6.92 Å². The molecule has 1 aromatic rings. The summed E-state index contributed by atoms with van der Waals surface area (Å²) in [5.41, 5.74) is -1.21. The van der Waals surface area contributed by atoms with Crippen molar-refractivity contribution in [2.45, 2.75) is 24.8 Å². The third kappa shape index (κ3) is 3.85. The van der Waals surface area contributed by atoms with Gasteiger partial charge in [0.05, 0.1) is 0 Å². The second kappa shape index (κ2) is 5.80. The average Bonchev–Trinajstić information content (AvgIpc) is 2.67. The molecule has 0 saturated carbocycles. The molecule has 1 aliphatic heterocycles. The number of halogens is 4. The van der Waals surface area contributed by atoms with Crippen molar-refractivity contribution in [2.75, 3.05) is 11.4 Å². The summed E-state index contributed by atoms with van der Waals surface area (Å²) < 4.78 is 38.0. The molecular formula is C11H9ClF3N3O2S. The normalized spacial score (nSPS) is 19.2. The first-order valence-corrected chi connectivity index (χ1v) is 7.02. The quantitative estimate of drug-likeness (QED) is 0.775. The third-order valence-corrected chi connectivity index (χ3v) is 3.81. The molecule has 0 N–H and O–H groups in total. The Morgan fingerprint density at radius 2 is 2.14 bits per heavy atom. The van der Waals surface area contributed by atoms with Gasteiger partial charge in [0.15, 0.2) is 10.8 Å². The van der Waals surface area contributed by atoms with Crippen molar-refractivity contribution in [3.8, 4) is 0 Å². The Labute approximate surface area is 126 Å². The largest absolute Gasteiger partial charge is 0.433 e. The van der Waals surface area contributed by atoms with E-state index in [0.717, 1.165) is 16.7 Å². The molecule has 2 rings (SSSR count). The highest BCUT2D eigenvalue weighted by Crippen LogP contribution is 2.32. The number of thioether (sulfide) groups is 1. The fraction of sp³-hybridized carbons (Fsp3) is 0.455. The number of carbonyl (C=O) groups is 2. The maximum atomic E-state index is 12.7. The van der Waals surface area contributed by atoms with Crippen molar-refractivity contribution in [1.29, 1.82) is 0 Å². The highest BCUT2D eigenvalue weighted by atomic mass is 35.5. The number of anilines is 1. The summed E-state index contributed by atoms with van der Waals surface area (Å²) in [5, 5.41) is -0.896. The van der Waals surface area contributed by atoms with E-state index < -0.39 is 28.9 Å². The summed E-state index contributed by atoms with van der Waals surface area (Å²) in [6.45, 7) is 1.43. The molecule has 10 heteroatoms. The van der Waals surface area contributed by atoms with Gasteiger partial charge in [0.25, 0.3) is 0 Å². The zero-order valence-corrected chi connectivity index (χ0v) is 12.2. The first-order chi connectivity index (χ1) is 9.66. The smallest absolute Gasteiger partial charge is 0.288 e. The first-order valence-electron chi connectivity index (χ1n) is 5.76. The van der Waals surface area contributed by atoms with Crippen LogP contribution >= 0.6 is 23.4 Å². The lowest BCUT2D eigenvalue weighted by Gasteiger charge is -2.16. The molecule has 1 unspecified atom stereocenters. The Balaban J connectivity index is 2.28. The lowest BCUT2D eigenvalue weighted by molar-refractivity contribution is -0.141. The number of nitrogens with zero attached hydrogens (tertiary/aromatic N) is 3. The maximum Gasteiger partial charge on any atom is 0.433 e. The number of hydrogen-bond donors (Lipinski definition) is 0. The number of rotatable bonds is 2. The Morgan fingerprint density at radius 3 is 2.71 bits per heavy atom. The van der Waals surface area contributed by atoms with Crippen molar-refractivity contribution in [3.63, 3.8) is 0 Å². The number of carbonyl (C=O) groups excluding carboxylic acids is 2. The maximum absolute atomic E-state index is 12.7. The predicted molar refractivity (Wildman–Crippen MR) is 71.1 cm³/mol. The Kier molecular flexibility index (Phi) is 4.43. The van der Waals surface area contributed by atoms with Crippen molar-refractivity contribution in [3.05, 3.63) is 16.9 Å². The van der Waals surface area contributed by atoms with Crippen LogP contribution in [0.15, 0.2) is 6.07 Å². The second-order valence-corrected chi connectivity index (χ2v) is 6.18. The predicted octanol–water partition coefficient (Wildman–Crippen LogP) is 2.53. The van der Waals surface area contributed by atoms with Gasteiger partial charge < -0.3 is 0 Å². The fourth-order valence-electron chi connectivity index (χ4n) is 1.85. The van der Waals surface area contributed by atoms with E-state index in [1.54, 1.807) is 0 Å². The molecule has 0 aromatic carbocycles. The van der Waals surface area contributed by atoms with Gasteiger partial charge in [0.1, 0.15) is 5.15 Å². The molecule has 0 aliphatic carbocycles. The molecule has 21 heavy (non-hydrogen) atoms. The lowest BCUT2D eigenvalue weighted by Crippen LogP contribution is -2.28. The minimum atomic E-state index is -4.68. The van der Waals surface area contributed by atoms with Crippen molar-refractivity contribution in [1.82, 2.24) is 9.97 Å². The molecule has 1 aliphatic rings. The van der Waals surface area contributed by atoms with E-state index >= 15 is 0 Å². The van der Waals surface area contributed by atoms with Gasteiger partial charge in [-0.2, -0.15) is 13.2 Å². The van der Waals surface area contributed by atoms with Crippen molar-refractivity contribution < 1.29 is 22.8 Å². The molecule has 0 spiro atoms. The molecule has 5 nitrogen and oxygen atoms in total. The molecule has 1 fully saturated rings. The van der Waals surface area contributed by atoms with Gasteiger partial charge in [-0.25, -0.2) is 9.97 Å². The molecule has 0 bridgehead atoms. The van der Waals surface area contributed by atoms with Crippen LogP contribution in [-0.4, -0.2) is 32.8 Å². The lowest BCUT2D eigenvalue weighted by atomic mass is 10.4. The zero-order chi connectivity index (χ0) is 15.8. The number of hydrogen-bond acceptors (Lipinski definition) is 5. The molecular weight excluding hydrogens is 331 g/mol. The zero-order valence-electron chi connectivity index (χ0n) is 10.6. The summed E-state index contributed by atoms with van der Waals surface area (Å²) in [6, 6.07) is 0.591. The summed E-state index contributed by atoms with van der Waals surface area (Å²) in [4.78, 5) is 30.9. The van der Waals surface area contributed by atoms with Gasteiger partial charge >= 0.3 is 6.18 Å². The van der Waals surface area contributed by atoms with E-state index in [2.05, 4.69) is 9.97 Å². The van der Waals surface area contributed by atoms with Gasteiger partial charge in [-0.3, -0.25) is 14.5 Å². The number of amides is 1. The van der Waals surface area contributed by atoms with Gasteiger partial charge in [0, 0.05) is 31.2 Å². The minimum absolute atomic E-state index is 0.0431. The van der Waals surface area contributed by atoms with Crippen LogP contribution in [0, 0.1) is 0 Å².